The lowest BCUT2D eigenvalue weighted by Gasteiger charge is -2.36. The molecule has 2 aromatic rings. The number of carboxylic acid groups (broad SMARTS) is 1. The van der Waals surface area contributed by atoms with Crippen LogP contribution in [0.3, 0.4) is 0 Å². The summed E-state index contributed by atoms with van der Waals surface area (Å²) in [7, 11) is 0. The van der Waals surface area contributed by atoms with Crippen LogP contribution >= 0.6 is 11.6 Å². The standard InChI is InChI=1S/C24H25ClF3NO3/c25-19-9-16(3-4-20(19)27)22(12-26)29-7-5-14(6-8-29)13-32-23-11-21(28)18(24(30)31)10-17(23)15-1-2-15/h3-4,9-11,14-15,22H,1-2,5-8,12-13H2,(H,30,31). The molecule has 2 fully saturated rings. The van der Waals surface area contributed by atoms with Crippen molar-refractivity contribution in [2.24, 2.45) is 5.92 Å². The monoisotopic (exact) mass is 467 g/mol. The van der Waals surface area contributed by atoms with Crippen LogP contribution in [0, 0.1) is 17.6 Å². The molecular formula is C24H25ClF3NO3. The van der Waals surface area contributed by atoms with Gasteiger partial charge in [0.15, 0.2) is 0 Å². The largest absolute Gasteiger partial charge is 0.493 e. The van der Waals surface area contributed by atoms with E-state index in [1.807, 2.05) is 4.90 Å². The van der Waals surface area contributed by atoms with Crippen LogP contribution < -0.4 is 4.74 Å². The van der Waals surface area contributed by atoms with Gasteiger partial charge >= 0.3 is 5.97 Å². The molecule has 1 unspecified atom stereocenters. The fraction of sp³-hybridized carbons (Fsp3) is 0.458. The molecule has 1 saturated heterocycles. The van der Waals surface area contributed by atoms with Crippen molar-refractivity contribution in [1.82, 2.24) is 4.90 Å². The van der Waals surface area contributed by atoms with Gasteiger partial charge in [0, 0.05) is 6.07 Å². The van der Waals surface area contributed by atoms with Crippen LogP contribution in [0.1, 0.15) is 59.1 Å². The van der Waals surface area contributed by atoms with E-state index in [9.17, 15) is 23.1 Å². The molecule has 1 N–H and O–H groups in total. The number of ether oxygens (including phenoxy) is 1. The lowest BCUT2D eigenvalue weighted by Crippen LogP contribution is -2.39. The first-order valence-corrected chi connectivity index (χ1v) is 11.2. The van der Waals surface area contributed by atoms with E-state index >= 15 is 0 Å². The van der Waals surface area contributed by atoms with Gasteiger partial charge in [-0.2, -0.15) is 0 Å². The van der Waals surface area contributed by atoms with Crippen molar-refractivity contribution in [3.05, 3.63) is 63.7 Å². The highest BCUT2D eigenvalue weighted by Gasteiger charge is 2.31. The molecular weight excluding hydrogens is 443 g/mol. The van der Waals surface area contributed by atoms with Crippen molar-refractivity contribution in [2.45, 2.75) is 37.6 Å². The summed E-state index contributed by atoms with van der Waals surface area (Å²) in [4.78, 5) is 13.3. The number of rotatable bonds is 8. The third-order valence-electron chi connectivity index (χ3n) is 6.39. The predicted molar refractivity (Wildman–Crippen MR) is 115 cm³/mol. The van der Waals surface area contributed by atoms with E-state index in [4.69, 9.17) is 16.3 Å². The summed E-state index contributed by atoms with van der Waals surface area (Å²) >= 11 is 5.86. The minimum Gasteiger partial charge on any atom is -0.493 e. The smallest absolute Gasteiger partial charge is 0.338 e. The summed E-state index contributed by atoms with van der Waals surface area (Å²) in [6.07, 6.45) is 3.44. The minimum absolute atomic E-state index is 0.0168. The summed E-state index contributed by atoms with van der Waals surface area (Å²) in [5.74, 6) is -1.75. The third-order valence-corrected chi connectivity index (χ3v) is 6.68. The Morgan fingerprint density at radius 2 is 1.84 bits per heavy atom. The van der Waals surface area contributed by atoms with Gasteiger partial charge < -0.3 is 9.84 Å². The highest BCUT2D eigenvalue weighted by Crippen LogP contribution is 2.45. The maximum atomic E-state index is 14.2. The molecule has 1 aliphatic carbocycles. The number of hydrogen-bond donors (Lipinski definition) is 1. The Balaban J connectivity index is 1.37. The lowest BCUT2D eigenvalue weighted by molar-refractivity contribution is 0.0691. The van der Waals surface area contributed by atoms with Crippen LogP contribution in [0.15, 0.2) is 30.3 Å². The Morgan fingerprint density at radius 1 is 1.12 bits per heavy atom. The van der Waals surface area contributed by atoms with Crippen molar-refractivity contribution in [2.75, 3.05) is 26.4 Å². The fourth-order valence-corrected chi connectivity index (χ4v) is 4.52. The molecule has 4 nitrogen and oxygen atoms in total. The fourth-order valence-electron chi connectivity index (χ4n) is 4.33. The normalized spacial score (nSPS) is 18.5. The molecule has 0 radical (unpaired) electrons. The second-order valence-electron chi connectivity index (χ2n) is 8.58. The van der Waals surface area contributed by atoms with Crippen LogP contribution in [0.4, 0.5) is 13.2 Å². The SMILES string of the molecule is O=C(O)c1cc(C2CC2)c(OCC2CCN(C(CF)c3ccc(F)c(Cl)c3)CC2)cc1F. The first-order chi connectivity index (χ1) is 15.4. The maximum absolute atomic E-state index is 14.2. The van der Waals surface area contributed by atoms with Gasteiger partial charge in [0.2, 0.25) is 0 Å². The number of alkyl halides is 1. The second kappa shape index (κ2) is 9.71. The number of piperidine rings is 1. The maximum Gasteiger partial charge on any atom is 0.338 e. The Labute approximate surface area is 189 Å². The Hall–Kier alpha value is -2.25. The molecule has 2 aromatic carbocycles. The third kappa shape index (κ3) is 5.04. The average Bonchev–Trinajstić information content (AvgIpc) is 3.61. The lowest BCUT2D eigenvalue weighted by atomic mass is 9.95. The number of carboxylic acids is 1. The van der Waals surface area contributed by atoms with Gasteiger partial charge in [0.05, 0.1) is 23.2 Å². The average molecular weight is 468 g/mol. The molecule has 4 rings (SSSR count). The number of halogens is 4. The van der Waals surface area contributed by atoms with E-state index in [0.717, 1.165) is 31.2 Å². The van der Waals surface area contributed by atoms with Gasteiger partial charge in [-0.05, 0) is 79.9 Å². The molecule has 8 heteroatoms. The molecule has 0 spiro atoms. The van der Waals surface area contributed by atoms with Crippen LogP contribution in [0.25, 0.3) is 0 Å². The van der Waals surface area contributed by atoms with Crippen molar-refractivity contribution in [3.63, 3.8) is 0 Å². The highest BCUT2D eigenvalue weighted by atomic mass is 35.5. The first-order valence-electron chi connectivity index (χ1n) is 10.8. The molecule has 2 aliphatic rings. The summed E-state index contributed by atoms with van der Waals surface area (Å²) in [6.45, 7) is 1.10. The van der Waals surface area contributed by atoms with E-state index < -0.39 is 30.3 Å². The second-order valence-corrected chi connectivity index (χ2v) is 8.99. The summed E-state index contributed by atoms with van der Waals surface area (Å²) in [5.41, 5.74) is 1.08. The molecule has 0 amide bonds. The highest BCUT2D eigenvalue weighted by molar-refractivity contribution is 6.30. The summed E-state index contributed by atoms with van der Waals surface area (Å²) < 4.78 is 47.4. The zero-order valence-electron chi connectivity index (χ0n) is 17.5. The van der Waals surface area contributed by atoms with Crippen molar-refractivity contribution in [1.29, 1.82) is 0 Å². The Morgan fingerprint density at radius 3 is 2.44 bits per heavy atom. The molecule has 1 aliphatic heterocycles. The molecule has 0 bridgehead atoms. The van der Waals surface area contributed by atoms with E-state index in [1.54, 1.807) is 6.07 Å². The Kier molecular flexibility index (Phi) is 6.96. The van der Waals surface area contributed by atoms with Crippen molar-refractivity contribution < 1.29 is 27.8 Å². The van der Waals surface area contributed by atoms with Crippen molar-refractivity contribution >= 4 is 17.6 Å². The molecule has 1 atom stereocenters. The zero-order valence-corrected chi connectivity index (χ0v) is 18.3. The van der Waals surface area contributed by atoms with E-state index in [-0.39, 0.29) is 22.4 Å². The van der Waals surface area contributed by atoms with Gasteiger partial charge in [-0.3, -0.25) is 4.90 Å². The van der Waals surface area contributed by atoms with Crippen LogP contribution in [-0.2, 0) is 0 Å². The number of likely N-dealkylation sites (tertiary alicyclic amines) is 1. The van der Waals surface area contributed by atoms with Gasteiger partial charge in [-0.15, -0.1) is 0 Å². The minimum atomic E-state index is -1.28. The predicted octanol–water partition coefficient (Wildman–Crippen LogP) is 6.00. The number of nitrogens with zero attached hydrogens (tertiary/aromatic N) is 1. The van der Waals surface area contributed by atoms with E-state index in [1.165, 1.54) is 24.3 Å². The number of aromatic carboxylic acids is 1. The number of carbonyl (C=O) groups is 1. The van der Waals surface area contributed by atoms with Crippen LogP contribution in [0.5, 0.6) is 5.75 Å². The molecule has 1 saturated carbocycles. The topological polar surface area (TPSA) is 49.8 Å². The molecule has 32 heavy (non-hydrogen) atoms. The van der Waals surface area contributed by atoms with E-state index in [2.05, 4.69) is 0 Å². The van der Waals surface area contributed by atoms with Gasteiger partial charge in [0.25, 0.3) is 0 Å². The molecule has 0 aromatic heterocycles. The number of hydrogen-bond acceptors (Lipinski definition) is 3. The zero-order chi connectivity index (χ0) is 22.8. The van der Waals surface area contributed by atoms with Gasteiger partial charge in [-0.1, -0.05) is 17.7 Å². The molecule has 1 heterocycles. The summed E-state index contributed by atoms with van der Waals surface area (Å²) in [6, 6.07) is 6.40. The van der Waals surface area contributed by atoms with Gasteiger partial charge in [0.1, 0.15) is 24.1 Å². The quantitative estimate of drug-likeness (QED) is 0.517. The van der Waals surface area contributed by atoms with Gasteiger partial charge in [-0.25, -0.2) is 18.0 Å². The summed E-state index contributed by atoms with van der Waals surface area (Å²) in [5, 5.41) is 9.16. The number of benzene rings is 2. The molecule has 172 valence electrons. The van der Waals surface area contributed by atoms with Crippen LogP contribution in [-0.4, -0.2) is 42.3 Å². The first kappa shape index (κ1) is 22.9. The Bertz CT molecular complexity index is 991. The van der Waals surface area contributed by atoms with Crippen LogP contribution in [0.2, 0.25) is 5.02 Å². The van der Waals surface area contributed by atoms with Crippen molar-refractivity contribution in [3.8, 4) is 5.75 Å². The van der Waals surface area contributed by atoms with E-state index in [0.29, 0.717) is 31.0 Å².